The predicted molar refractivity (Wildman–Crippen MR) is 78.7 cm³/mol. The molecule has 1 atom stereocenters. The highest BCUT2D eigenvalue weighted by Gasteiger charge is 2.32. The van der Waals surface area contributed by atoms with Crippen LogP contribution >= 0.6 is 0 Å². The second-order valence-corrected chi connectivity index (χ2v) is 5.12. The zero-order chi connectivity index (χ0) is 15.6. The first-order valence-electron chi connectivity index (χ1n) is 6.63. The van der Waals surface area contributed by atoms with Gasteiger partial charge in [-0.3, -0.25) is 0 Å². The Kier molecular flexibility index (Phi) is 4.26. The lowest BCUT2D eigenvalue weighted by atomic mass is 9.91. The highest BCUT2D eigenvalue weighted by Crippen LogP contribution is 2.29. The van der Waals surface area contributed by atoms with Gasteiger partial charge in [0.25, 0.3) is 0 Å². The third kappa shape index (κ3) is 3.04. The minimum Gasteiger partial charge on any atom is -0.466 e. The largest absolute Gasteiger partial charge is 0.466 e. The van der Waals surface area contributed by atoms with Crippen LogP contribution in [0, 0.1) is 11.7 Å². The van der Waals surface area contributed by atoms with Crippen LogP contribution in [0.25, 0.3) is 5.70 Å². The number of methoxy groups -OCH3 is 1. The number of nitrogens with two attached hydrogens (primary N) is 1. The molecule has 0 bridgehead atoms. The Morgan fingerprint density at radius 1 is 1.38 bits per heavy atom. The van der Waals surface area contributed by atoms with E-state index >= 15 is 0 Å². The molecule has 1 aliphatic rings. The van der Waals surface area contributed by atoms with Crippen molar-refractivity contribution in [2.75, 3.05) is 7.11 Å². The maximum Gasteiger partial charge on any atom is 0.338 e. The second kappa shape index (κ2) is 5.95. The van der Waals surface area contributed by atoms with Crippen LogP contribution in [0.5, 0.6) is 0 Å². The van der Waals surface area contributed by atoms with Crippen molar-refractivity contribution in [2.24, 2.45) is 16.6 Å². The zero-order valence-electron chi connectivity index (χ0n) is 12.2. The van der Waals surface area contributed by atoms with Crippen molar-refractivity contribution in [3.05, 3.63) is 41.2 Å². The van der Waals surface area contributed by atoms with Crippen LogP contribution in [0.4, 0.5) is 4.39 Å². The van der Waals surface area contributed by atoms with Gasteiger partial charge in [-0.2, -0.15) is 0 Å². The van der Waals surface area contributed by atoms with Crippen molar-refractivity contribution >= 4 is 17.6 Å². The van der Waals surface area contributed by atoms with Gasteiger partial charge in [-0.15, -0.1) is 0 Å². The fourth-order valence-corrected chi connectivity index (χ4v) is 2.25. The summed E-state index contributed by atoms with van der Waals surface area (Å²) in [5.41, 5.74) is 7.23. The molecule has 0 saturated carbocycles. The van der Waals surface area contributed by atoms with E-state index in [4.69, 9.17) is 10.5 Å². The SMILES string of the molecule is COC(=O)C1=C(c2ccc(F)cc2)N=C(N)NC1C(C)C. The quantitative estimate of drug-likeness (QED) is 0.830. The highest BCUT2D eigenvalue weighted by atomic mass is 19.1. The molecule has 0 saturated heterocycles. The van der Waals surface area contributed by atoms with Gasteiger partial charge in [0.1, 0.15) is 5.82 Å². The number of benzene rings is 1. The third-order valence-corrected chi connectivity index (χ3v) is 3.29. The molecule has 1 aliphatic heterocycles. The van der Waals surface area contributed by atoms with Crippen LogP contribution in [-0.4, -0.2) is 25.1 Å². The van der Waals surface area contributed by atoms with E-state index < -0.39 is 5.97 Å². The summed E-state index contributed by atoms with van der Waals surface area (Å²) in [6.07, 6.45) is 0. The van der Waals surface area contributed by atoms with E-state index in [1.54, 1.807) is 12.1 Å². The normalized spacial score (nSPS) is 18.3. The molecular formula is C15H18FN3O2. The number of guanidine groups is 1. The molecule has 6 heteroatoms. The summed E-state index contributed by atoms with van der Waals surface area (Å²) in [6, 6.07) is 5.44. The minimum absolute atomic E-state index is 0.101. The molecule has 2 rings (SSSR count). The topological polar surface area (TPSA) is 76.7 Å². The average molecular weight is 291 g/mol. The Morgan fingerprint density at radius 2 is 2.00 bits per heavy atom. The van der Waals surface area contributed by atoms with Crippen molar-refractivity contribution in [1.82, 2.24) is 5.32 Å². The fourth-order valence-electron chi connectivity index (χ4n) is 2.25. The van der Waals surface area contributed by atoms with Gasteiger partial charge in [0.05, 0.1) is 24.4 Å². The Labute approximate surface area is 122 Å². The van der Waals surface area contributed by atoms with Gasteiger partial charge in [-0.1, -0.05) is 13.8 Å². The number of carbonyl (C=O) groups is 1. The molecule has 0 radical (unpaired) electrons. The zero-order valence-corrected chi connectivity index (χ0v) is 12.2. The maximum atomic E-state index is 13.1. The Morgan fingerprint density at radius 3 is 2.52 bits per heavy atom. The summed E-state index contributed by atoms with van der Waals surface area (Å²) in [4.78, 5) is 16.3. The molecule has 0 aliphatic carbocycles. The number of hydrogen-bond donors (Lipinski definition) is 2. The lowest BCUT2D eigenvalue weighted by molar-refractivity contribution is -0.136. The van der Waals surface area contributed by atoms with Gasteiger partial charge in [-0.05, 0) is 30.2 Å². The van der Waals surface area contributed by atoms with Crippen LogP contribution in [0.15, 0.2) is 34.8 Å². The van der Waals surface area contributed by atoms with Crippen molar-refractivity contribution in [3.63, 3.8) is 0 Å². The molecular weight excluding hydrogens is 273 g/mol. The van der Waals surface area contributed by atoms with Crippen molar-refractivity contribution in [3.8, 4) is 0 Å². The van der Waals surface area contributed by atoms with E-state index in [-0.39, 0.29) is 23.7 Å². The van der Waals surface area contributed by atoms with Gasteiger partial charge >= 0.3 is 5.97 Å². The van der Waals surface area contributed by atoms with Crippen LogP contribution in [0.3, 0.4) is 0 Å². The Bertz CT molecular complexity index is 606. The van der Waals surface area contributed by atoms with E-state index in [1.165, 1.54) is 19.2 Å². The second-order valence-electron chi connectivity index (χ2n) is 5.12. The number of nitrogens with one attached hydrogen (secondary N) is 1. The number of ether oxygens (including phenoxy) is 1. The van der Waals surface area contributed by atoms with E-state index in [0.717, 1.165) is 0 Å². The smallest absolute Gasteiger partial charge is 0.338 e. The van der Waals surface area contributed by atoms with Crippen LogP contribution in [0.1, 0.15) is 19.4 Å². The summed E-state index contributed by atoms with van der Waals surface area (Å²) in [5.74, 6) is -0.508. The Hall–Kier alpha value is -2.37. The first-order valence-corrected chi connectivity index (χ1v) is 6.63. The number of carbonyl (C=O) groups excluding carboxylic acids is 1. The van der Waals surface area contributed by atoms with Crippen molar-refractivity contribution in [1.29, 1.82) is 0 Å². The maximum absolute atomic E-state index is 13.1. The van der Waals surface area contributed by atoms with E-state index in [1.807, 2.05) is 13.8 Å². The third-order valence-electron chi connectivity index (χ3n) is 3.29. The lowest BCUT2D eigenvalue weighted by Gasteiger charge is -2.29. The van der Waals surface area contributed by atoms with E-state index in [9.17, 15) is 9.18 Å². The lowest BCUT2D eigenvalue weighted by Crippen LogP contribution is -2.48. The van der Waals surface area contributed by atoms with Gasteiger partial charge in [-0.25, -0.2) is 14.2 Å². The molecule has 21 heavy (non-hydrogen) atoms. The molecule has 1 aromatic carbocycles. The summed E-state index contributed by atoms with van der Waals surface area (Å²) in [5, 5.41) is 2.99. The molecule has 1 aromatic rings. The number of esters is 1. The molecule has 3 N–H and O–H groups in total. The summed E-state index contributed by atoms with van der Waals surface area (Å²) >= 11 is 0. The molecule has 0 fully saturated rings. The molecule has 0 aromatic heterocycles. The summed E-state index contributed by atoms with van der Waals surface area (Å²) in [6.45, 7) is 3.92. The summed E-state index contributed by atoms with van der Waals surface area (Å²) in [7, 11) is 1.32. The number of hydrogen-bond acceptors (Lipinski definition) is 5. The molecule has 0 amide bonds. The van der Waals surface area contributed by atoms with E-state index in [2.05, 4.69) is 10.3 Å². The minimum atomic E-state index is -0.475. The van der Waals surface area contributed by atoms with Gasteiger partial charge in [0.2, 0.25) is 0 Å². The Balaban J connectivity index is 2.62. The van der Waals surface area contributed by atoms with Gasteiger partial charge < -0.3 is 15.8 Å². The fraction of sp³-hybridized carbons (Fsp3) is 0.333. The average Bonchev–Trinajstić information content (AvgIpc) is 2.46. The standard InChI is InChI=1S/C15H18FN3O2/c1-8(2)12-11(14(20)21-3)13(19-15(17)18-12)9-4-6-10(16)7-5-9/h4-8,12H,1-3H3,(H3,17,18,19). The number of aliphatic imine (C=N–C) groups is 1. The monoisotopic (exact) mass is 291 g/mol. The van der Waals surface area contributed by atoms with Crippen LogP contribution in [-0.2, 0) is 9.53 Å². The van der Waals surface area contributed by atoms with Gasteiger partial charge in [0, 0.05) is 5.56 Å². The van der Waals surface area contributed by atoms with Gasteiger partial charge in [0.15, 0.2) is 5.96 Å². The van der Waals surface area contributed by atoms with Crippen molar-refractivity contribution in [2.45, 2.75) is 19.9 Å². The first kappa shape index (κ1) is 15.0. The first-order chi connectivity index (χ1) is 9.93. The van der Waals surface area contributed by atoms with Crippen molar-refractivity contribution < 1.29 is 13.9 Å². The molecule has 1 unspecified atom stereocenters. The molecule has 0 spiro atoms. The van der Waals surface area contributed by atoms with Crippen LogP contribution < -0.4 is 11.1 Å². The van der Waals surface area contributed by atoms with Crippen LogP contribution in [0.2, 0.25) is 0 Å². The number of nitrogens with zero attached hydrogens (tertiary/aromatic N) is 1. The number of halogens is 1. The number of rotatable bonds is 3. The molecule has 112 valence electrons. The summed E-state index contributed by atoms with van der Waals surface area (Å²) < 4.78 is 17.9. The highest BCUT2D eigenvalue weighted by molar-refractivity contribution is 6.03. The molecule has 1 heterocycles. The molecule has 5 nitrogen and oxygen atoms in total. The predicted octanol–water partition coefficient (Wildman–Crippen LogP) is 1.65. The van der Waals surface area contributed by atoms with E-state index in [0.29, 0.717) is 16.8 Å².